The summed E-state index contributed by atoms with van der Waals surface area (Å²) in [5, 5.41) is 3.31. The van der Waals surface area contributed by atoms with Crippen molar-refractivity contribution in [2.24, 2.45) is 7.05 Å². The molecule has 5 rings (SSSR count). The van der Waals surface area contributed by atoms with Gasteiger partial charge in [0.1, 0.15) is 5.82 Å². The Labute approximate surface area is 171 Å². The Morgan fingerprint density at radius 3 is 2.62 bits per heavy atom. The molecule has 0 bridgehead atoms. The van der Waals surface area contributed by atoms with Crippen molar-refractivity contribution in [3.63, 3.8) is 0 Å². The van der Waals surface area contributed by atoms with Crippen LogP contribution in [0.4, 0.5) is 5.95 Å². The van der Waals surface area contributed by atoms with Gasteiger partial charge < -0.3 is 19.4 Å². The van der Waals surface area contributed by atoms with Gasteiger partial charge in [0.25, 0.3) is 0 Å². The first kappa shape index (κ1) is 18.1. The van der Waals surface area contributed by atoms with Crippen molar-refractivity contribution in [2.45, 2.75) is 25.8 Å². The van der Waals surface area contributed by atoms with Gasteiger partial charge in [-0.15, -0.1) is 0 Å². The van der Waals surface area contributed by atoms with Gasteiger partial charge in [-0.1, -0.05) is 5.57 Å². The third-order valence-electron chi connectivity index (χ3n) is 6.09. The van der Waals surface area contributed by atoms with E-state index in [1.807, 2.05) is 12.3 Å². The third kappa shape index (κ3) is 3.58. The molecule has 7 heteroatoms. The minimum atomic E-state index is 0.703. The second-order valence-corrected chi connectivity index (χ2v) is 7.80. The van der Waals surface area contributed by atoms with Crippen LogP contribution in [0.15, 0.2) is 48.7 Å². The normalized spacial score (nSPS) is 17.0. The summed E-state index contributed by atoms with van der Waals surface area (Å²) in [6.45, 7) is 5.03. The maximum Gasteiger partial charge on any atom is 0.222 e. The summed E-state index contributed by atoms with van der Waals surface area (Å²) < 4.78 is 4.59. The van der Waals surface area contributed by atoms with Crippen LogP contribution in [0.25, 0.3) is 5.57 Å². The Balaban J connectivity index is 1.31. The average Bonchev–Trinajstić information content (AvgIpc) is 3.32. The van der Waals surface area contributed by atoms with Crippen molar-refractivity contribution in [2.75, 3.05) is 31.5 Å². The maximum atomic E-state index is 4.74. The van der Waals surface area contributed by atoms with Gasteiger partial charge in [0.15, 0.2) is 0 Å². The Hall–Kier alpha value is -2.93. The van der Waals surface area contributed by atoms with Gasteiger partial charge in [-0.25, -0.2) is 15.0 Å². The number of piperidine rings is 1. The molecule has 0 atom stereocenters. The van der Waals surface area contributed by atoms with Crippen LogP contribution in [-0.4, -0.2) is 55.2 Å². The molecule has 0 unspecified atom stereocenters. The van der Waals surface area contributed by atoms with Crippen LogP contribution >= 0.6 is 0 Å². The largest absolute Gasteiger partial charge is 0.354 e. The highest BCUT2D eigenvalue weighted by Gasteiger charge is 2.26. The lowest BCUT2D eigenvalue weighted by molar-refractivity contribution is 0.266. The number of fused-ring (bicyclic) bond motifs is 2. The number of imidazole rings is 1. The van der Waals surface area contributed by atoms with Gasteiger partial charge in [0.05, 0.1) is 0 Å². The summed E-state index contributed by atoms with van der Waals surface area (Å²) in [4.78, 5) is 15.7. The predicted molar refractivity (Wildman–Crippen MR) is 114 cm³/mol. The van der Waals surface area contributed by atoms with Gasteiger partial charge in [0.2, 0.25) is 5.95 Å². The number of anilines is 1. The molecule has 0 aliphatic carbocycles. The lowest BCUT2D eigenvalue weighted by Gasteiger charge is -2.29. The number of likely N-dealkylation sites (tertiary alicyclic amines) is 1. The molecular formula is C22H27N7. The van der Waals surface area contributed by atoms with Crippen molar-refractivity contribution in [3.8, 4) is 0 Å². The first-order chi connectivity index (χ1) is 14.3. The lowest BCUT2D eigenvalue weighted by Crippen LogP contribution is -2.35. The van der Waals surface area contributed by atoms with Crippen molar-refractivity contribution < 1.29 is 0 Å². The zero-order valence-corrected chi connectivity index (χ0v) is 16.9. The minimum absolute atomic E-state index is 0.703. The van der Waals surface area contributed by atoms with E-state index in [0.717, 1.165) is 57.8 Å². The fraction of sp³-hybridized carbons (Fsp3) is 0.409. The van der Waals surface area contributed by atoms with Crippen LogP contribution < -0.4 is 5.32 Å². The van der Waals surface area contributed by atoms with E-state index in [2.05, 4.69) is 54.8 Å². The monoisotopic (exact) mass is 389 g/mol. The van der Waals surface area contributed by atoms with E-state index in [-0.39, 0.29) is 0 Å². The molecule has 150 valence electrons. The Kier molecular flexibility index (Phi) is 4.89. The van der Waals surface area contributed by atoms with Gasteiger partial charge in [0, 0.05) is 94.0 Å². The molecule has 0 spiro atoms. The lowest BCUT2D eigenvalue weighted by atomic mass is 9.92. The molecule has 1 fully saturated rings. The summed E-state index contributed by atoms with van der Waals surface area (Å²) in [6.07, 6.45) is 13.0. The van der Waals surface area contributed by atoms with Crippen LogP contribution in [0, 0.1) is 0 Å². The fourth-order valence-electron chi connectivity index (χ4n) is 4.53. The molecule has 0 saturated carbocycles. The minimum Gasteiger partial charge on any atom is -0.354 e. The first-order valence-corrected chi connectivity index (χ1v) is 10.4. The van der Waals surface area contributed by atoms with E-state index in [0.29, 0.717) is 5.95 Å². The molecule has 1 N–H and O–H groups in total. The highest BCUT2D eigenvalue weighted by molar-refractivity contribution is 5.81. The highest BCUT2D eigenvalue weighted by Crippen LogP contribution is 2.35. The van der Waals surface area contributed by atoms with Crippen molar-refractivity contribution in [1.29, 1.82) is 0 Å². The van der Waals surface area contributed by atoms with Crippen LogP contribution in [0.5, 0.6) is 0 Å². The van der Waals surface area contributed by atoms with Crippen molar-refractivity contribution in [3.05, 3.63) is 65.8 Å². The molecule has 0 radical (unpaired) electrons. The molecule has 29 heavy (non-hydrogen) atoms. The Morgan fingerprint density at radius 2 is 1.79 bits per heavy atom. The van der Waals surface area contributed by atoms with Crippen LogP contribution in [0.2, 0.25) is 0 Å². The molecular weight excluding hydrogens is 362 g/mol. The smallest absolute Gasteiger partial charge is 0.222 e. The predicted octanol–water partition coefficient (Wildman–Crippen LogP) is 2.58. The molecule has 1 saturated heterocycles. The summed E-state index contributed by atoms with van der Waals surface area (Å²) in [5.41, 5.74) is 5.72. The van der Waals surface area contributed by atoms with E-state index in [1.54, 1.807) is 18.0 Å². The highest BCUT2D eigenvalue weighted by atomic mass is 15.2. The quantitative estimate of drug-likeness (QED) is 0.743. The van der Waals surface area contributed by atoms with Gasteiger partial charge in [-0.3, -0.25) is 0 Å². The molecule has 7 nitrogen and oxygen atoms in total. The Morgan fingerprint density at radius 1 is 0.966 bits per heavy atom. The summed E-state index contributed by atoms with van der Waals surface area (Å²) in [7, 11) is 2.15. The maximum absolute atomic E-state index is 4.74. The number of rotatable bonds is 4. The molecule has 2 aliphatic heterocycles. The number of nitrogens with zero attached hydrogens (tertiary/aromatic N) is 6. The SMILES string of the molecule is Cn1ccc2c1CCn1ccnc1C2=C1CCN(CCNc2ncccn2)CC1. The van der Waals surface area contributed by atoms with E-state index < -0.39 is 0 Å². The molecule has 3 aromatic rings. The second kappa shape index (κ2) is 7.83. The topological polar surface area (TPSA) is 63.8 Å². The summed E-state index contributed by atoms with van der Waals surface area (Å²) in [5.74, 6) is 1.84. The molecule has 0 aromatic carbocycles. The third-order valence-corrected chi connectivity index (χ3v) is 6.09. The van der Waals surface area contributed by atoms with E-state index in [9.17, 15) is 0 Å². The molecule has 5 heterocycles. The number of hydrogen-bond donors (Lipinski definition) is 1. The van der Waals surface area contributed by atoms with Crippen molar-refractivity contribution >= 4 is 11.5 Å². The standard InChI is InChI=1S/C22H27N7/c1-27-11-5-18-19(27)6-14-29-16-10-23-21(29)20(18)17-3-12-28(13-4-17)15-9-26-22-24-7-2-8-25-22/h2,5,7-8,10-11,16H,3-4,6,9,12-15H2,1H3,(H,24,25,26). The first-order valence-electron chi connectivity index (χ1n) is 10.4. The number of aromatic nitrogens is 5. The number of hydrogen-bond acceptors (Lipinski definition) is 5. The average molecular weight is 390 g/mol. The van der Waals surface area contributed by atoms with E-state index in [4.69, 9.17) is 4.98 Å². The Bertz CT molecular complexity index is 1000. The van der Waals surface area contributed by atoms with Gasteiger partial charge in [-0.05, 0) is 25.0 Å². The van der Waals surface area contributed by atoms with E-state index in [1.165, 1.54) is 16.8 Å². The van der Waals surface area contributed by atoms with Crippen LogP contribution in [0.3, 0.4) is 0 Å². The van der Waals surface area contributed by atoms with E-state index >= 15 is 0 Å². The summed E-state index contributed by atoms with van der Waals surface area (Å²) in [6, 6.07) is 4.11. The zero-order valence-electron chi connectivity index (χ0n) is 16.9. The van der Waals surface area contributed by atoms with Gasteiger partial charge in [-0.2, -0.15) is 0 Å². The fourth-order valence-corrected chi connectivity index (χ4v) is 4.53. The second-order valence-electron chi connectivity index (χ2n) is 7.80. The molecule has 0 amide bonds. The molecule has 2 aliphatic rings. The van der Waals surface area contributed by atoms with Crippen molar-refractivity contribution in [1.82, 2.24) is 29.0 Å². The number of aryl methyl sites for hydroxylation is 2. The van der Waals surface area contributed by atoms with Crippen LogP contribution in [-0.2, 0) is 20.0 Å². The van der Waals surface area contributed by atoms with Crippen LogP contribution in [0.1, 0.15) is 29.9 Å². The zero-order chi connectivity index (χ0) is 19.6. The summed E-state index contributed by atoms with van der Waals surface area (Å²) >= 11 is 0. The number of nitrogens with one attached hydrogen (secondary N) is 1. The molecule has 3 aromatic heterocycles. The van der Waals surface area contributed by atoms with Gasteiger partial charge >= 0.3 is 0 Å².